The van der Waals surface area contributed by atoms with Crippen molar-refractivity contribution in [2.45, 2.75) is 33.7 Å². The molecule has 1 aliphatic heterocycles. The lowest BCUT2D eigenvalue weighted by atomic mass is 10.1. The minimum Gasteiger partial charge on any atom is -0.283 e. The second-order valence-corrected chi connectivity index (χ2v) is 3.30. The first-order chi connectivity index (χ1) is 6.22. The summed E-state index contributed by atoms with van der Waals surface area (Å²) in [6.45, 7) is 6.84. The number of aryl methyl sites for hydroxylation is 2. The molecule has 0 unspecified atom stereocenters. The number of fused-ring (bicyclic) bond motifs is 1. The Balaban J connectivity index is 2.61. The highest BCUT2D eigenvalue weighted by atomic mass is 14.9. The van der Waals surface area contributed by atoms with Gasteiger partial charge < -0.3 is 0 Å². The van der Waals surface area contributed by atoms with E-state index in [9.17, 15) is 0 Å². The van der Waals surface area contributed by atoms with Crippen LogP contribution in [0.2, 0.25) is 0 Å². The molecule has 0 bridgehead atoms. The summed E-state index contributed by atoms with van der Waals surface area (Å²) in [5.41, 5.74) is 4.49. The van der Waals surface area contributed by atoms with Crippen LogP contribution < -0.4 is 0 Å². The lowest BCUT2D eigenvalue weighted by Gasteiger charge is -2.05. The molecule has 3 heteroatoms. The molecule has 2 rings (SSSR count). The molecule has 13 heavy (non-hydrogen) atoms. The van der Waals surface area contributed by atoms with E-state index < -0.39 is 0 Å². The molecule has 68 valence electrons. The van der Waals surface area contributed by atoms with Crippen LogP contribution in [-0.2, 0) is 13.0 Å². The van der Waals surface area contributed by atoms with Gasteiger partial charge in [-0.25, -0.2) is 9.97 Å². The highest BCUT2D eigenvalue weighted by molar-refractivity contribution is 6.00. The minimum atomic E-state index is 0.768. The molecule has 1 aromatic heterocycles. The van der Waals surface area contributed by atoms with Gasteiger partial charge in [-0.1, -0.05) is 6.92 Å². The molecule has 0 aromatic carbocycles. The van der Waals surface area contributed by atoms with Crippen LogP contribution in [0.3, 0.4) is 0 Å². The topological polar surface area (TPSA) is 38.1 Å². The van der Waals surface area contributed by atoms with Gasteiger partial charge in [0.05, 0.1) is 18.0 Å². The van der Waals surface area contributed by atoms with E-state index in [1.54, 1.807) is 0 Å². The normalized spacial score (nSPS) is 14.2. The van der Waals surface area contributed by atoms with Gasteiger partial charge in [0.25, 0.3) is 0 Å². The average molecular weight is 175 g/mol. The van der Waals surface area contributed by atoms with Crippen LogP contribution in [0.1, 0.15) is 36.6 Å². The van der Waals surface area contributed by atoms with Gasteiger partial charge in [-0.15, -0.1) is 0 Å². The maximum absolute atomic E-state index is 4.41. The summed E-state index contributed by atoms with van der Waals surface area (Å²) in [6, 6.07) is 0. The minimum absolute atomic E-state index is 0.768. The molecule has 0 saturated carbocycles. The van der Waals surface area contributed by atoms with Gasteiger partial charge in [0.2, 0.25) is 0 Å². The molecule has 3 nitrogen and oxygen atoms in total. The van der Waals surface area contributed by atoms with Crippen LogP contribution in [0.15, 0.2) is 4.99 Å². The zero-order valence-corrected chi connectivity index (χ0v) is 8.26. The third kappa shape index (κ3) is 1.24. The zero-order chi connectivity index (χ0) is 9.42. The smallest absolute Gasteiger partial charge is 0.126 e. The third-order valence-corrected chi connectivity index (χ3v) is 2.36. The van der Waals surface area contributed by atoms with Gasteiger partial charge >= 0.3 is 0 Å². The number of rotatable bonds is 1. The summed E-state index contributed by atoms with van der Waals surface area (Å²) in [6.07, 6.45) is 0.967. The van der Waals surface area contributed by atoms with Crippen molar-refractivity contribution in [1.29, 1.82) is 0 Å². The van der Waals surface area contributed by atoms with Crippen LogP contribution in [0.25, 0.3) is 0 Å². The van der Waals surface area contributed by atoms with Gasteiger partial charge in [0.1, 0.15) is 5.82 Å². The monoisotopic (exact) mass is 175 g/mol. The van der Waals surface area contributed by atoms with Crippen molar-refractivity contribution < 1.29 is 0 Å². The van der Waals surface area contributed by atoms with E-state index in [0.717, 1.165) is 35.9 Å². The van der Waals surface area contributed by atoms with Crippen molar-refractivity contribution in [2.24, 2.45) is 4.99 Å². The first-order valence-electron chi connectivity index (χ1n) is 4.60. The van der Waals surface area contributed by atoms with Crippen LogP contribution in [0.4, 0.5) is 0 Å². The van der Waals surface area contributed by atoms with Crippen molar-refractivity contribution in [3.05, 3.63) is 22.8 Å². The Morgan fingerprint density at radius 2 is 2.00 bits per heavy atom. The standard InChI is InChI=1S/C10H13N3/c1-4-9-8-5-11-6(2)10(8)13-7(3)12-9/h4-5H2,1-3H3. The van der Waals surface area contributed by atoms with E-state index in [2.05, 4.69) is 21.9 Å². The highest BCUT2D eigenvalue weighted by Gasteiger charge is 2.18. The molecule has 0 atom stereocenters. The molecule has 0 fully saturated rings. The Morgan fingerprint density at radius 1 is 1.23 bits per heavy atom. The highest BCUT2D eigenvalue weighted by Crippen LogP contribution is 2.20. The Labute approximate surface area is 77.9 Å². The van der Waals surface area contributed by atoms with Crippen molar-refractivity contribution >= 4 is 5.71 Å². The zero-order valence-electron chi connectivity index (χ0n) is 8.26. The summed E-state index contributed by atoms with van der Waals surface area (Å²) >= 11 is 0. The lowest BCUT2D eigenvalue weighted by molar-refractivity contribution is 0.898. The van der Waals surface area contributed by atoms with Crippen molar-refractivity contribution in [2.75, 3.05) is 0 Å². The second kappa shape index (κ2) is 2.91. The molecule has 0 N–H and O–H groups in total. The van der Waals surface area contributed by atoms with Crippen LogP contribution in [-0.4, -0.2) is 15.7 Å². The first-order valence-corrected chi connectivity index (χ1v) is 4.60. The Bertz CT molecular complexity index is 380. The fraction of sp³-hybridized carbons (Fsp3) is 0.500. The number of hydrogen-bond donors (Lipinski definition) is 0. The molecular formula is C10H13N3. The SMILES string of the molecule is CCc1nc(C)nc2c1CN=C2C. The Kier molecular flexibility index (Phi) is 1.87. The van der Waals surface area contributed by atoms with E-state index in [-0.39, 0.29) is 0 Å². The number of aromatic nitrogens is 2. The first kappa shape index (κ1) is 8.35. The number of nitrogens with zero attached hydrogens (tertiary/aromatic N) is 3. The average Bonchev–Trinajstić information content (AvgIpc) is 2.47. The van der Waals surface area contributed by atoms with E-state index in [1.807, 2.05) is 13.8 Å². The Hall–Kier alpha value is -1.25. The molecule has 0 spiro atoms. The maximum atomic E-state index is 4.41. The summed E-state index contributed by atoms with van der Waals surface area (Å²) in [4.78, 5) is 13.2. The number of hydrogen-bond acceptors (Lipinski definition) is 3. The quantitative estimate of drug-likeness (QED) is 0.651. The summed E-state index contributed by atoms with van der Waals surface area (Å²) in [7, 11) is 0. The van der Waals surface area contributed by atoms with Crippen LogP contribution in [0, 0.1) is 6.92 Å². The Morgan fingerprint density at radius 3 is 2.69 bits per heavy atom. The largest absolute Gasteiger partial charge is 0.283 e. The van der Waals surface area contributed by atoms with E-state index >= 15 is 0 Å². The molecule has 0 amide bonds. The summed E-state index contributed by atoms with van der Waals surface area (Å²) in [5, 5.41) is 0. The fourth-order valence-corrected chi connectivity index (χ4v) is 1.68. The van der Waals surface area contributed by atoms with E-state index in [1.165, 1.54) is 5.56 Å². The van der Waals surface area contributed by atoms with Gasteiger partial charge in [-0.05, 0) is 20.3 Å². The second-order valence-electron chi connectivity index (χ2n) is 3.30. The number of aliphatic imine (C=N–C) groups is 1. The van der Waals surface area contributed by atoms with Gasteiger partial charge in [0, 0.05) is 11.3 Å². The van der Waals surface area contributed by atoms with Crippen molar-refractivity contribution in [3.63, 3.8) is 0 Å². The lowest BCUT2D eigenvalue weighted by Crippen LogP contribution is -2.05. The molecule has 1 aliphatic rings. The third-order valence-electron chi connectivity index (χ3n) is 2.36. The molecule has 1 aromatic rings. The predicted octanol–water partition coefficient (Wildman–Crippen LogP) is 1.67. The van der Waals surface area contributed by atoms with E-state index in [0.29, 0.717) is 0 Å². The molecule has 0 saturated heterocycles. The van der Waals surface area contributed by atoms with E-state index in [4.69, 9.17) is 0 Å². The van der Waals surface area contributed by atoms with Gasteiger partial charge in [-0.3, -0.25) is 4.99 Å². The van der Waals surface area contributed by atoms with Crippen LogP contribution in [0.5, 0.6) is 0 Å². The molecule has 2 heterocycles. The summed E-state index contributed by atoms with van der Waals surface area (Å²) in [5.74, 6) is 0.854. The fourth-order valence-electron chi connectivity index (χ4n) is 1.68. The maximum Gasteiger partial charge on any atom is 0.126 e. The molecular weight excluding hydrogens is 162 g/mol. The summed E-state index contributed by atoms with van der Waals surface area (Å²) < 4.78 is 0. The van der Waals surface area contributed by atoms with Gasteiger partial charge in [0.15, 0.2) is 0 Å². The van der Waals surface area contributed by atoms with Crippen LogP contribution >= 0.6 is 0 Å². The van der Waals surface area contributed by atoms with Crippen molar-refractivity contribution in [1.82, 2.24) is 9.97 Å². The molecule has 0 aliphatic carbocycles. The van der Waals surface area contributed by atoms with Gasteiger partial charge in [-0.2, -0.15) is 0 Å². The predicted molar refractivity (Wildman–Crippen MR) is 52.1 cm³/mol. The van der Waals surface area contributed by atoms with Crippen molar-refractivity contribution in [3.8, 4) is 0 Å². The molecule has 0 radical (unpaired) electrons.